The number of hydrogen-bond donors (Lipinski definition) is 1. The van der Waals surface area contributed by atoms with E-state index < -0.39 is 0 Å². The molecule has 0 bridgehead atoms. The minimum atomic E-state index is 0.179. The standard InChI is InChI=1S/C15H19N3S/c1-10-9-17-14(16)18-13(10)19-12-7-5-11(6-8-12)15(2,3)4/h5-9H,1-4H3,(H2,16,17,18). The fourth-order valence-electron chi connectivity index (χ4n) is 1.68. The second kappa shape index (κ2) is 5.21. The lowest BCUT2D eigenvalue weighted by Crippen LogP contribution is -2.10. The van der Waals surface area contributed by atoms with Crippen LogP contribution < -0.4 is 5.73 Å². The lowest BCUT2D eigenvalue weighted by molar-refractivity contribution is 0.590. The van der Waals surface area contributed by atoms with Gasteiger partial charge in [0, 0.05) is 16.7 Å². The molecule has 1 aromatic carbocycles. The predicted molar refractivity (Wildman–Crippen MR) is 80.4 cm³/mol. The first-order valence-corrected chi connectivity index (χ1v) is 7.05. The molecule has 0 amide bonds. The molecule has 0 spiro atoms. The van der Waals surface area contributed by atoms with Gasteiger partial charge in [0.25, 0.3) is 0 Å². The van der Waals surface area contributed by atoms with E-state index in [4.69, 9.17) is 5.73 Å². The topological polar surface area (TPSA) is 51.8 Å². The fourth-order valence-corrected chi connectivity index (χ4v) is 2.53. The van der Waals surface area contributed by atoms with Crippen LogP contribution in [0.1, 0.15) is 31.9 Å². The normalized spacial score (nSPS) is 11.6. The third kappa shape index (κ3) is 3.47. The van der Waals surface area contributed by atoms with Gasteiger partial charge in [-0.15, -0.1) is 0 Å². The lowest BCUT2D eigenvalue weighted by atomic mass is 9.87. The predicted octanol–water partition coefficient (Wildman–Crippen LogP) is 3.82. The van der Waals surface area contributed by atoms with Crippen LogP contribution in [0.2, 0.25) is 0 Å². The van der Waals surface area contributed by atoms with Gasteiger partial charge in [0.2, 0.25) is 5.95 Å². The van der Waals surface area contributed by atoms with Crippen molar-refractivity contribution in [3.63, 3.8) is 0 Å². The molecule has 0 radical (unpaired) electrons. The van der Waals surface area contributed by atoms with E-state index in [1.54, 1.807) is 18.0 Å². The van der Waals surface area contributed by atoms with Crippen molar-refractivity contribution in [2.75, 3.05) is 5.73 Å². The molecule has 1 heterocycles. The quantitative estimate of drug-likeness (QED) is 0.845. The lowest BCUT2D eigenvalue weighted by Gasteiger charge is -2.19. The average Bonchev–Trinajstić information content (AvgIpc) is 2.33. The maximum atomic E-state index is 5.63. The van der Waals surface area contributed by atoms with Gasteiger partial charge in [-0.1, -0.05) is 44.7 Å². The average molecular weight is 273 g/mol. The zero-order chi connectivity index (χ0) is 14.0. The summed E-state index contributed by atoms with van der Waals surface area (Å²) in [7, 11) is 0. The Morgan fingerprint density at radius 3 is 2.32 bits per heavy atom. The Labute approximate surface area is 118 Å². The SMILES string of the molecule is Cc1cnc(N)nc1Sc1ccc(C(C)(C)C)cc1. The smallest absolute Gasteiger partial charge is 0.221 e. The van der Waals surface area contributed by atoms with E-state index in [-0.39, 0.29) is 5.41 Å². The van der Waals surface area contributed by atoms with Gasteiger partial charge in [-0.3, -0.25) is 0 Å². The molecule has 0 saturated heterocycles. The highest BCUT2D eigenvalue weighted by Crippen LogP contribution is 2.30. The number of nitrogens with zero attached hydrogens (tertiary/aromatic N) is 2. The van der Waals surface area contributed by atoms with E-state index in [1.165, 1.54) is 5.56 Å². The molecule has 0 unspecified atom stereocenters. The van der Waals surface area contributed by atoms with Gasteiger partial charge in [0.1, 0.15) is 5.03 Å². The van der Waals surface area contributed by atoms with Gasteiger partial charge in [0.15, 0.2) is 0 Å². The largest absolute Gasteiger partial charge is 0.368 e. The highest BCUT2D eigenvalue weighted by atomic mass is 32.2. The van der Waals surface area contributed by atoms with Gasteiger partial charge in [-0.2, -0.15) is 0 Å². The molecular weight excluding hydrogens is 254 g/mol. The van der Waals surface area contributed by atoms with Crippen molar-refractivity contribution >= 4 is 17.7 Å². The number of anilines is 1. The van der Waals surface area contributed by atoms with E-state index in [0.717, 1.165) is 15.5 Å². The molecule has 1 aromatic heterocycles. The van der Waals surface area contributed by atoms with Gasteiger partial charge < -0.3 is 5.73 Å². The molecule has 3 nitrogen and oxygen atoms in total. The zero-order valence-corrected chi connectivity index (χ0v) is 12.6. The van der Waals surface area contributed by atoms with Crippen LogP contribution in [-0.4, -0.2) is 9.97 Å². The molecule has 0 aliphatic heterocycles. The van der Waals surface area contributed by atoms with Crippen LogP contribution in [-0.2, 0) is 5.41 Å². The fraction of sp³-hybridized carbons (Fsp3) is 0.333. The Kier molecular flexibility index (Phi) is 3.80. The van der Waals surface area contributed by atoms with Gasteiger partial charge >= 0.3 is 0 Å². The number of nitrogens with two attached hydrogens (primary N) is 1. The van der Waals surface area contributed by atoms with Crippen LogP contribution in [0, 0.1) is 6.92 Å². The van der Waals surface area contributed by atoms with Crippen molar-refractivity contribution in [3.05, 3.63) is 41.6 Å². The van der Waals surface area contributed by atoms with Gasteiger partial charge in [-0.25, -0.2) is 9.97 Å². The summed E-state index contributed by atoms with van der Waals surface area (Å²) in [5.41, 5.74) is 8.18. The number of aromatic nitrogens is 2. The van der Waals surface area contributed by atoms with Crippen LogP contribution in [0.4, 0.5) is 5.95 Å². The van der Waals surface area contributed by atoms with E-state index in [2.05, 4.69) is 55.0 Å². The molecule has 19 heavy (non-hydrogen) atoms. The number of hydrogen-bond acceptors (Lipinski definition) is 4. The minimum absolute atomic E-state index is 0.179. The summed E-state index contributed by atoms with van der Waals surface area (Å²) < 4.78 is 0. The number of aryl methyl sites for hydroxylation is 1. The molecule has 2 N–H and O–H groups in total. The van der Waals surface area contributed by atoms with Crippen LogP contribution in [0.3, 0.4) is 0 Å². The van der Waals surface area contributed by atoms with E-state index in [0.29, 0.717) is 5.95 Å². The Morgan fingerprint density at radius 1 is 1.11 bits per heavy atom. The van der Waals surface area contributed by atoms with Crippen molar-refractivity contribution < 1.29 is 0 Å². The first kappa shape index (κ1) is 13.9. The molecule has 2 aromatic rings. The van der Waals surface area contributed by atoms with Crippen molar-refractivity contribution in [1.82, 2.24) is 9.97 Å². The monoisotopic (exact) mass is 273 g/mol. The first-order chi connectivity index (χ1) is 8.86. The number of rotatable bonds is 2. The zero-order valence-electron chi connectivity index (χ0n) is 11.8. The second-order valence-corrected chi connectivity index (χ2v) is 6.66. The van der Waals surface area contributed by atoms with Crippen LogP contribution in [0.5, 0.6) is 0 Å². The maximum absolute atomic E-state index is 5.63. The van der Waals surface area contributed by atoms with Crippen LogP contribution >= 0.6 is 11.8 Å². The summed E-state index contributed by atoms with van der Waals surface area (Å²) in [5, 5.41) is 0.913. The van der Waals surface area contributed by atoms with Crippen molar-refractivity contribution in [3.8, 4) is 0 Å². The van der Waals surface area contributed by atoms with Crippen molar-refractivity contribution in [1.29, 1.82) is 0 Å². The summed E-state index contributed by atoms with van der Waals surface area (Å²) in [6.07, 6.45) is 1.76. The van der Waals surface area contributed by atoms with Crippen molar-refractivity contribution in [2.24, 2.45) is 0 Å². The van der Waals surface area contributed by atoms with Crippen LogP contribution in [0.15, 0.2) is 40.4 Å². The summed E-state index contributed by atoms with van der Waals surface area (Å²) in [5.74, 6) is 0.319. The molecule has 0 atom stereocenters. The summed E-state index contributed by atoms with van der Waals surface area (Å²) >= 11 is 1.62. The van der Waals surface area contributed by atoms with Gasteiger partial charge in [-0.05, 0) is 30.0 Å². The minimum Gasteiger partial charge on any atom is -0.368 e. The van der Waals surface area contributed by atoms with E-state index >= 15 is 0 Å². The van der Waals surface area contributed by atoms with E-state index in [1.807, 2.05) is 6.92 Å². The molecule has 100 valence electrons. The Balaban J connectivity index is 2.22. The summed E-state index contributed by atoms with van der Waals surface area (Å²) in [6.45, 7) is 8.63. The Bertz CT molecular complexity index is 571. The third-order valence-electron chi connectivity index (χ3n) is 2.88. The highest BCUT2D eigenvalue weighted by Gasteiger charge is 2.13. The third-order valence-corrected chi connectivity index (χ3v) is 3.99. The van der Waals surface area contributed by atoms with Crippen molar-refractivity contribution in [2.45, 2.75) is 43.0 Å². The molecule has 4 heteroatoms. The Morgan fingerprint density at radius 2 is 1.74 bits per heavy atom. The molecule has 0 fully saturated rings. The summed E-state index contributed by atoms with van der Waals surface area (Å²) in [4.78, 5) is 9.41. The maximum Gasteiger partial charge on any atom is 0.221 e. The Hall–Kier alpha value is -1.55. The van der Waals surface area contributed by atoms with E-state index in [9.17, 15) is 0 Å². The molecule has 2 rings (SSSR count). The first-order valence-electron chi connectivity index (χ1n) is 6.24. The van der Waals surface area contributed by atoms with Gasteiger partial charge in [0.05, 0.1) is 0 Å². The molecule has 0 aliphatic rings. The number of benzene rings is 1. The number of nitrogen functional groups attached to an aromatic ring is 1. The molecule has 0 saturated carbocycles. The molecular formula is C15H19N3S. The van der Waals surface area contributed by atoms with Crippen LogP contribution in [0.25, 0.3) is 0 Å². The second-order valence-electron chi connectivity index (χ2n) is 5.59. The summed E-state index contributed by atoms with van der Waals surface area (Å²) in [6, 6.07) is 8.59. The highest BCUT2D eigenvalue weighted by molar-refractivity contribution is 7.99. The molecule has 0 aliphatic carbocycles.